The number of hydrogen-bond donors (Lipinski definition) is 1. The Morgan fingerprint density at radius 1 is 1.26 bits per heavy atom. The first kappa shape index (κ1) is 14.0. The molecule has 0 aliphatic heterocycles. The van der Waals surface area contributed by atoms with Gasteiger partial charge in [-0.3, -0.25) is 0 Å². The van der Waals surface area contributed by atoms with Gasteiger partial charge in [-0.15, -0.1) is 0 Å². The van der Waals surface area contributed by atoms with E-state index in [1.807, 2.05) is 24.3 Å². The van der Waals surface area contributed by atoms with Crippen LogP contribution in [0.15, 0.2) is 46.9 Å². The van der Waals surface area contributed by atoms with Gasteiger partial charge in [0, 0.05) is 10.9 Å². The van der Waals surface area contributed by atoms with Gasteiger partial charge in [0.2, 0.25) is 0 Å². The van der Waals surface area contributed by atoms with Crippen molar-refractivity contribution < 1.29 is 14.2 Å². The molecule has 2 rings (SSSR count). The van der Waals surface area contributed by atoms with E-state index in [0.29, 0.717) is 12.0 Å². The van der Waals surface area contributed by atoms with Crippen LogP contribution in [-0.4, -0.2) is 12.2 Å². The summed E-state index contributed by atoms with van der Waals surface area (Å²) in [6, 6.07) is 12.2. The van der Waals surface area contributed by atoms with Crippen LogP contribution in [0.2, 0.25) is 0 Å². The number of aliphatic hydroxyl groups excluding tert-OH is 1. The van der Waals surface area contributed by atoms with Crippen molar-refractivity contribution in [2.75, 3.05) is 7.11 Å². The van der Waals surface area contributed by atoms with E-state index in [2.05, 4.69) is 15.9 Å². The Labute approximate surface area is 120 Å². The summed E-state index contributed by atoms with van der Waals surface area (Å²) in [5, 5.41) is 10.1. The summed E-state index contributed by atoms with van der Waals surface area (Å²) in [5.74, 6) is -0.285. The molecule has 1 atom stereocenters. The molecule has 2 aromatic rings. The summed E-state index contributed by atoms with van der Waals surface area (Å²) in [6.07, 6.45) is -0.305. The van der Waals surface area contributed by atoms with E-state index < -0.39 is 11.9 Å². The maximum absolute atomic E-state index is 13.6. The number of aliphatic hydroxyl groups is 1. The first-order chi connectivity index (χ1) is 9.10. The Hall–Kier alpha value is -1.39. The number of rotatable bonds is 4. The van der Waals surface area contributed by atoms with Crippen LogP contribution in [0.3, 0.4) is 0 Å². The fraction of sp³-hybridized carbons (Fsp3) is 0.200. The third-order valence-corrected chi connectivity index (χ3v) is 3.37. The zero-order valence-electron chi connectivity index (χ0n) is 10.4. The van der Waals surface area contributed by atoms with Gasteiger partial charge in [0.25, 0.3) is 0 Å². The first-order valence-electron chi connectivity index (χ1n) is 5.86. The predicted molar refractivity (Wildman–Crippen MR) is 75.8 cm³/mol. The molecule has 19 heavy (non-hydrogen) atoms. The second kappa shape index (κ2) is 6.17. The van der Waals surface area contributed by atoms with E-state index in [9.17, 15) is 9.50 Å². The Balaban J connectivity index is 2.15. The van der Waals surface area contributed by atoms with Gasteiger partial charge in [-0.25, -0.2) is 4.39 Å². The molecule has 0 aliphatic rings. The van der Waals surface area contributed by atoms with Gasteiger partial charge < -0.3 is 9.84 Å². The van der Waals surface area contributed by atoms with Crippen molar-refractivity contribution in [2.45, 2.75) is 12.5 Å². The first-order valence-corrected chi connectivity index (χ1v) is 6.65. The second-order valence-electron chi connectivity index (χ2n) is 4.24. The molecule has 0 fully saturated rings. The van der Waals surface area contributed by atoms with E-state index in [4.69, 9.17) is 4.74 Å². The highest BCUT2D eigenvalue weighted by molar-refractivity contribution is 9.10. The van der Waals surface area contributed by atoms with E-state index in [1.165, 1.54) is 19.2 Å². The Morgan fingerprint density at radius 2 is 2.05 bits per heavy atom. The van der Waals surface area contributed by atoms with Crippen LogP contribution in [0.1, 0.15) is 17.2 Å². The van der Waals surface area contributed by atoms with Crippen LogP contribution in [0, 0.1) is 5.82 Å². The molecule has 0 aromatic heterocycles. The Kier molecular flexibility index (Phi) is 4.56. The lowest BCUT2D eigenvalue weighted by atomic mass is 10.0. The van der Waals surface area contributed by atoms with E-state index >= 15 is 0 Å². The summed E-state index contributed by atoms with van der Waals surface area (Å²) < 4.78 is 19.4. The van der Waals surface area contributed by atoms with Crippen molar-refractivity contribution in [3.63, 3.8) is 0 Å². The SMILES string of the molecule is COc1ccc(C(O)Cc2cccc(Br)c2)cc1F. The zero-order chi connectivity index (χ0) is 13.8. The fourth-order valence-electron chi connectivity index (χ4n) is 1.89. The van der Waals surface area contributed by atoms with Crippen molar-refractivity contribution >= 4 is 15.9 Å². The van der Waals surface area contributed by atoms with Gasteiger partial charge in [0.15, 0.2) is 11.6 Å². The predicted octanol–water partition coefficient (Wildman–Crippen LogP) is 3.87. The van der Waals surface area contributed by atoms with Gasteiger partial charge in [-0.2, -0.15) is 0 Å². The largest absolute Gasteiger partial charge is 0.494 e. The minimum atomic E-state index is -0.741. The molecule has 0 aliphatic carbocycles. The molecule has 4 heteroatoms. The van der Waals surface area contributed by atoms with Crippen molar-refractivity contribution in [1.82, 2.24) is 0 Å². The second-order valence-corrected chi connectivity index (χ2v) is 5.16. The van der Waals surface area contributed by atoms with Crippen LogP contribution in [-0.2, 0) is 6.42 Å². The van der Waals surface area contributed by atoms with Crippen molar-refractivity contribution in [2.24, 2.45) is 0 Å². The number of methoxy groups -OCH3 is 1. The molecule has 0 saturated carbocycles. The summed E-state index contributed by atoms with van der Waals surface area (Å²) in [7, 11) is 1.41. The lowest BCUT2D eigenvalue weighted by Gasteiger charge is -2.12. The summed E-state index contributed by atoms with van der Waals surface area (Å²) in [4.78, 5) is 0. The van der Waals surface area contributed by atoms with Crippen molar-refractivity contribution in [1.29, 1.82) is 0 Å². The van der Waals surface area contributed by atoms with Gasteiger partial charge in [-0.05, 0) is 35.4 Å². The minimum Gasteiger partial charge on any atom is -0.494 e. The third-order valence-electron chi connectivity index (χ3n) is 2.88. The number of hydrogen-bond acceptors (Lipinski definition) is 2. The molecule has 1 N–H and O–H groups in total. The molecule has 0 radical (unpaired) electrons. The monoisotopic (exact) mass is 324 g/mol. The molecule has 2 nitrogen and oxygen atoms in total. The minimum absolute atomic E-state index is 0.179. The van der Waals surface area contributed by atoms with E-state index in [-0.39, 0.29) is 5.75 Å². The van der Waals surface area contributed by atoms with Gasteiger partial charge >= 0.3 is 0 Å². The normalized spacial score (nSPS) is 12.2. The van der Waals surface area contributed by atoms with Crippen LogP contribution in [0.5, 0.6) is 5.75 Å². The molecule has 2 aromatic carbocycles. The summed E-state index contributed by atoms with van der Waals surface area (Å²) in [6.45, 7) is 0. The Bertz CT molecular complexity index is 572. The molecule has 0 bridgehead atoms. The highest BCUT2D eigenvalue weighted by Gasteiger charge is 2.12. The molecule has 100 valence electrons. The van der Waals surface area contributed by atoms with Crippen LogP contribution < -0.4 is 4.74 Å². The molecular weight excluding hydrogens is 311 g/mol. The van der Waals surface area contributed by atoms with E-state index in [0.717, 1.165) is 10.0 Å². The van der Waals surface area contributed by atoms with Crippen LogP contribution >= 0.6 is 15.9 Å². The van der Waals surface area contributed by atoms with Crippen molar-refractivity contribution in [3.8, 4) is 5.75 Å². The molecule has 0 amide bonds. The summed E-state index contributed by atoms with van der Waals surface area (Å²) in [5.41, 5.74) is 1.52. The van der Waals surface area contributed by atoms with E-state index in [1.54, 1.807) is 6.07 Å². The standard InChI is InChI=1S/C15H14BrFO2/c1-19-15-6-5-11(9-13(15)17)14(18)8-10-3-2-4-12(16)7-10/h2-7,9,14,18H,8H2,1H3. The lowest BCUT2D eigenvalue weighted by molar-refractivity contribution is 0.178. The fourth-order valence-corrected chi connectivity index (χ4v) is 2.34. The molecule has 0 heterocycles. The maximum atomic E-state index is 13.6. The van der Waals surface area contributed by atoms with Gasteiger partial charge in [0.1, 0.15) is 0 Å². The lowest BCUT2D eigenvalue weighted by Crippen LogP contribution is -2.03. The topological polar surface area (TPSA) is 29.5 Å². The average molecular weight is 325 g/mol. The average Bonchev–Trinajstić information content (AvgIpc) is 2.38. The summed E-state index contributed by atoms with van der Waals surface area (Å²) >= 11 is 3.38. The highest BCUT2D eigenvalue weighted by Crippen LogP contribution is 2.24. The maximum Gasteiger partial charge on any atom is 0.165 e. The quantitative estimate of drug-likeness (QED) is 0.925. The van der Waals surface area contributed by atoms with Crippen LogP contribution in [0.4, 0.5) is 4.39 Å². The molecule has 1 unspecified atom stereocenters. The molecule has 0 spiro atoms. The molecular formula is C15H14BrFO2. The third kappa shape index (κ3) is 3.55. The Morgan fingerprint density at radius 3 is 2.68 bits per heavy atom. The highest BCUT2D eigenvalue weighted by atomic mass is 79.9. The molecule has 0 saturated heterocycles. The number of benzene rings is 2. The van der Waals surface area contributed by atoms with Gasteiger partial charge in [0.05, 0.1) is 13.2 Å². The smallest absolute Gasteiger partial charge is 0.165 e. The zero-order valence-corrected chi connectivity index (χ0v) is 12.0. The van der Waals surface area contributed by atoms with Crippen LogP contribution in [0.25, 0.3) is 0 Å². The van der Waals surface area contributed by atoms with Crippen molar-refractivity contribution in [3.05, 3.63) is 63.9 Å². The number of halogens is 2. The number of ether oxygens (including phenoxy) is 1. The van der Waals surface area contributed by atoms with Gasteiger partial charge in [-0.1, -0.05) is 34.1 Å².